The maximum Gasteiger partial charge on any atom is 0.347 e. The first-order valence-electron chi connectivity index (χ1n) is 8.30. The van der Waals surface area contributed by atoms with Gasteiger partial charge >= 0.3 is 11.9 Å². The van der Waals surface area contributed by atoms with E-state index in [0.717, 1.165) is 25.7 Å². The Hall–Kier alpha value is -2.04. The number of cyclic esters (lactones) is 1. The van der Waals surface area contributed by atoms with E-state index in [9.17, 15) is 14.7 Å². The molecule has 1 aliphatic heterocycles. The van der Waals surface area contributed by atoms with Crippen molar-refractivity contribution < 1.29 is 24.2 Å². The van der Waals surface area contributed by atoms with Crippen LogP contribution in [-0.4, -0.2) is 29.3 Å². The van der Waals surface area contributed by atoms with Gasteiger partial charge in [0.05, 0.1) is 5.56 Å². The van der Waals surface area contributed by atoms with Crippen LogP contribution in [0.2, 0.25) is 0 Å². The molecule has 1 aromatic rings. The van der Waals surface area contributed by atoms with Crippen molar-refractivity contribution in [3.63, 3.8) is 0 Å². The Balaban J connectivity index is 1.78. The predicted octanol–water partition coefficient (Wildman–Crippen LogP) is 3.59. The standard InChI is InChI=1S/C18H24O5/c1-2-3-4-5-6-15-11-12-16(18(21)22-15)23-17(20)13-7-9-14(19)10-8-13/h7-10,15-16,19H,2-6,11-12H2,1H3. The van der Waals surface area contributed by atoms with Gasteiger partial charge in [-0.2, -0.15) is 0 Å². The summed E-state index contributed by atoms with van der Waals surface area (Å²) in [5.74, 6) is -0.957. The average molecular weight is 320 g/mol. The topological polar surface area (TPSA) is 72.8 Å². The van der Waals surface area contributed by atoms with Gasteiger partial charge in [-0.1, -0.05) is 26.2 Å². The van der Waals surface area contributed by atoms with Gasteiger partial charge in [0.25, 0.3) is 0 Å². The smallest absolute Gasteiger partial charge is 0.347 e. The molecule has 1 N–H and O–H groups in total. The molecule has 1 fully saturated rings. The fraction of sp³-hybridized carbons (Fsp3) is 0.556. The number of hydrogen-bond donors (Lipinski definition) is 1. The monoisotopic (exact) mass is 320 g/mol. The summed E-state index contributed by atoms with van der Waals surface area (Å²) in [6.07, 6.45) is 5.82. The number of rotatable bonds is 7. The van der Waals surface area contributed by atoms with Crippen LogP contribution in [0.3, 0.4) is 0 Å². The van der Waals surface area contributed by atoms with Crippen molar-refractivity contribution in [3.05, 3.63) is 29.8 Å². The van der Waals surface area contributed by atoms with E-state index in [-0.39, 0.29) is 11.9 Å². The van der Waals surface area contributed by atoms with E-state index in [0.29, 0.717) is 12.0 Å². The molecule has 2 rings (SSSR count). The number of phenolic OH excluding ortho intramolecular Hbond substituents is 1. The predicted molar refractivity (Wildman–Crippen MR) is 85.2 cm³/mol. The average Bonchev–Trinajstić information content (AvgIpc) is 2.54. The van der Waals surface area contributed by atoms with E-state index in [1.165, 1.54) is 37.1 Å². The van der Waals surface area contributed by atoms with Gasteiger partial charge in [0, 0.05) is 0 Å². The van der Waals surface area contributed by atoms with Crippen molar-refractivity contribution in [1.82, 2.24) is 0 Å². The number of aromatic hydroxyl groups is 1. The fourth-order valence-corrected chi connectivity index (χ4v) is 2.66. The second-order valence-corrected chi connectivity index (χ2v) is 5.93. The van der Waals surface area contributed by atoms with Crippen LogP contribution < -0.4 is 0 Å². The lowest BCUT2D eigenvalue weighted by atomic mass is 10.0. The normalized spacial score (nSPS) is 20.8. The number of phenols is 1. The Morgan fingerprint density at radius 3 is 2.61 bits per heavy atom. The molecule has 2 atom stereocenters. The summed E-state index contributed by atoms with van der Waals surface area (Å²) in [5.41, 5.74) is 0.303. The third kappa shape index (κ3) is 5.27. The maximum absolute atomic E-state index is 12.0. The molecule has 5 nitrogen and oxygen atoms in total. The lowest BCUT2D eigenvalue weighted by molar-refractivity contribution is -0.167. The zero-order valence-electron chi connectivity index (χ0n) is 13.5. The van der Waals surface area contributed by atoms with Crippen LogP contribution in [0.5, 0.6) is 5.75 Å². The number of carbonyl (C=O) groups is 2. The molecule has 2 unspecified atom stereocenters. The van der Waals surface area contributed by atoms with E-state index in [2.05, 4.69) is 6.92 Å². The van der Waals surface area contributed by atoms with Crippen molar-refractivity contribution in [2.45, 2.75) is 64.1 Å². The summed E-state index contributed by atoms with van der Waals surface area (Å²) in [6.45, 7) is 2.16. The first-order valence-corrected chi connectivity index (χ1v) is 8.30. The van der Waals surface area contributed by atoms with Crippen molar-refractivity contribution >= 4 is 11.9 Å². The minimum atomic E-state index is -0.830. The Labute approximate surface area is 136 Å². The summed E-state index contributed by atoms with van der Waals surface area (Å²) in [6, 6.07) is 5.73. The van der Waals surface area contributed by atoms with E-state index in [1.807, 2.05) is 0 Å². The Bertz CT molecular complexity index is 523. The number of benzene rings is 1. The summed E-state index contributed by atoms with van der Waals surface area (Å²) in [4.78, 5) is 24.0. The third-order valence-corrected chi connectivity index (χ3v) is 4.03. The van der Waals surface area contributed by atoms with E-state index < -0.39 is 18.0 Å². The van der Waals surface area contributed by atoms with Crippen molar-refractivity contribution in [1.29, 1.82) is 0 Å². The third-order valence-electron chi connectivity index (χ3n) is 4.03. The molecule has 5 heteroatoms. The summed E-state index contributed by atoms with van der Waals surface area (Å²) in [7, 11) is 0. The lowest BCUT2D eigenvalue weighted by Gasteiger charge is -2.27. The molecule has 23 heavy (non-hydrogen) atoms. The molecule has 1 saturated heterocycles. The minimum absolute atomic E-state index is 0.0528. The Kier molecular flexibility index (Phi) is 6.44. The molecule has 1 heterocycles. The van der Waals surface area contributed by atoms with Gasteiger partial charge in [-0.3, -0.25) is 0 Å². The van der Waals surface area contributed by atoms with Gasteiger partial charge < -0.3 is 14.6 Å². The van der Waals surface area contributed by atoms with E-state index >= 15 is 0 Å². The van der Waals surface area contributed by atoms with Gasteiger partial charge in [-0.05, 0) is 49.9 Å². The minimum Gasteiger partial charge on any atom is -0.508 e. The van der Waals surface area contributed by atoms with E-state index in [4.69, 9.17) is 9.47 Å². The number of esters is 2. The molecule has 0 aromatic heterocycles. The molecule has 126 valence electrons. The molecule has 0 bridgehead atoms. The van der Waals surface area contributed by atoms with Crippen molar-refractivity contribution in [3.8, 4) is 5.75 Å². The largest absolute Gasteiger partial charge is 0.508 e. The second kappa shape index (κ2) is 8.56. The van der Waals surface area contributed by atoms with Crippen LogP contribution in [0.25, 0.3) is 0 Å². The lowest BCUT2D eigenvalue weighted by Crippen LogP contribution is -2.37. The molecular weight excluding hydrogens is 296 g/mol. The van der Waals surface area contributed by atoms with Crippen molar-refractivity contribution in [2.24, 2.45) is 0 Å². The van der Waals surface area contributed by atoms with Crippen LogP contribution in [-0.2, 0) is 14.3 Å². The van der Waals surface area contributed by atoms with Gasteiger partial charge in [0.15, 0.2) is 6.10 Å². The SMILES string of the molecule is CCCCCCC1CCC(OC(=O)c2ccc(O)cc2)C(=O)O1. The van der Waals surface area contributed by atoms with Gasteiger partial charge in [-0.15, -0.1) is 0 Å². The molecule has 0 amide bonds. The first-order chi connectivity index (χ1) is 11.1. The fourth-order valence-electron chi connectivity index (χ4n) is 2.66. The molecule has 1 aromatic carbocycles. The highest BCUT2D eigenvalue weighted by Gasteiger charge is 2.32. The molecule has 0 saturated carbocycles. The number of ether oxygens (including phenoxy) is 2. The number of carbonyl (C=O) groups excluding carboxylic acids is 2. The van der Waals surface area contributed by atoms with E-state index in [1.54, 1.807) is 0 Å². The first kappa shape index (κ1) is 17.3. The van der Waals surface area contributed by atoms with Crippen LogP contribution in [0.1, 0.15) is 62.2 Å². The molecule has 1 aliphatic rings. The zero-order chi connectivity index (χ0) is 16.7. The van der Waals surface area contributed by atoms with Gasteiger partial charge in [0.2, 0.25) is 0 Å². The molecule has 0 aliphatic carbocycles. The van der Waals surface area contributed by atoms with Gasteiger partial charge in [-0.25, -0.2) is 9.59 Å². The highest BCUT2D eigenvalue weighted by molar-refractivity contribution is 5.91. The van der Waals surface area contributed by atoms with Crippen LogP contribution >= 0.6 is 0 Å². The highest BCUT2D eigenvalue weighted by Crippen LogP contribution is 2.23. The van der Waals surface area contributed by atoms with Gasteiger partial charge in [0.1, 0.15) is 11.9 Å². The quantitative estimate of drug-likeness (QED) is 0.614. The second-order valence-electron chi connectivity index (χ2n) is 5.93. The zero-order valence-corrected chi connectivity index (χ0v) is 13.5. The van der Waals surface area contributed by atoms with Crippen LogP contribution in [0.15, 0.2) is 24.3 Å². The number of unbranched alkanes of at least 4 members (excludes halogenated alkanes) is 3. The molecule has 0 spiro atoms. The Morgan fingerprint density at radius 2 is 1.96 bits per heavy atom. The number of hydrogen-bond acceptors (Lipinski definition) is 5. The van der Waals surface area contributed by atoms with Crippen LogP contribution in [0.4, 0.5) is 0 Å². The van der Waals surface area contributed by atoms with Crippen LogP contribution in [0, 0.1) is 0 Å². The maximum atomic E-state index is 12.0. The summed E-state index contributed by atoms with van der Waals surface area (Å²) < 4.78 is 10.6. The Morgan fingerprint density at radius 1 is 1.22 bits per heavy atom. The highest BCUT2D eigenvalue weighted by atomic mass is 16.6. The van der Waals surface area contributed by atoms with Crippen molar-refractivity contribution in [2.75, 3.05) is 0 Å². The summed E-state index contributed by atoms with van der Waals surface area (Å²) in [5, 5.41) is 9.21. The summed E-state index contributed by atoms with van der Waals surface area (Å²) >= 11 is 0. The molecular formula is C18H24O5. The molecule has 0 radical (unpaired) electrons.